The maximum atomic E-state index is 4.49. The van der Waals surface area contributed by atoms with Crippen molar-refractivity contribution in [3.63, 3.8) is 0 Å². The maximum absolute atomic E-state index is 4.49. The van der Waals surface area contributed by atoms with E-state index in [1.165, 1.54) is 5.69 Å². The smallest absolute Gasteiger partial charge is 0.0739 e. The fourth-order valence-electron chi connectivity index (χ4n) is 1.92. The molecule has 1 unspecified atom stereocenters. The fraction of sp³-hybridized carbons (Fsp3) is 0.750. The van der Waals surface area contributed by atoms with Crippen molar-refractivity contribution in [2.75, 3.05) is 20.6 Å². The van der Waals surface area contributed by atoms with Crippen LogP contribution in [0.2, 0.25) is 0 Å². The van der Waals surface area contributed by atoms with Gasteiger partial charge in [0.05, 0.1) is 15.9 Å². The molecule has 4 nitrogen and oxygen atoms in total. The lowest BCUT2D eigenvalue weighted by Crippen LogP contribution is -2.35. The van der Waals surface area contributed by atoms with E-state index in [2.05, 4.69) is 63.9 Å². The van der Waals surface area contributed by atoms with Crippen LogP contribution in [0.5, 0.6) is 0 Å². The second-order valence-electron chi connectivity index (χ2n) is 4.71. The Morgan fingerprint density at radius 1 is 1.47 bits per heavy atom. The van der Waals surface area contributed by atoms with Crippen molar-refractivity contribution in [1.82, 2.24) is 20.0 Å². The molecule has 98 valence electrons. The van der Waals surface area contributed by atoms with E-state index < -0.39 is 0 Å². The van der Waals surface area contributed by atoms with Gasteiger partial charge in [0, 0.05) is 25.7 Å². The van der Waals surface area contributed by atoms with Gasteiger partial charge in [-0.25, -0.2) is 0 Å². The summed E-state index contributed by atoms with van der Waals surface area (Å²) in [5, 5.41) is 8.01. The third-order valence-corrected chi connectivity index (χ3v) is 3.74. The SMILES string of the molecule is CCn1nc(C)c(Br)c1CNC(C)CN(C)C. The third kappa shape index (κ3) is 4.08. The van der Waals surface area contributed by atoms with Crippen LogP contribution in [0, 0.1) is 6.92 Å². The number of hydrogen-bond donors (Lipinski definition) is 1. The summed E-state index contributed by atoms with van der Waals surface area (Å²) in [4.78, 5) is 2.19. The molecule has 17 heavy (non-hydrogen) atoms. The monoisotopic (exact) mass is 302 g/mol. The van der Waals surface area contributed by atoms with E-state index in [-0.39, 0.29) is 0 Å². The molecule has 0 spiro atoms. The van der Waals surface area contributed by atoms with Crippen LogP contribution < -0.4 is 5.32 Å². The molecule has 0 aromatic carbocycles. The fourth-order valence-corrected chi connectivity index (χ4v) is 2.35. The quantitative estimate of drug-likeness (QED) is 0.873. The van der Waals surface area contributed by atoms with E-state index in [1.807, 2.05) is 6.92 Å². The molecule has 0 aliphatic carbocycles. The molecular weight excluding hydrogens is 280 g/mol. The molecule has 0 amide bonds. The lowest BCUT2D eigenvalue weighted by Gasteiger charge is -2.18. The Morgan fingerprint density at radius 3 is 2.65 bits per heavy atom. The zero-order valence-corrected chi connectivity index (χ0v) is 13.0. The molecule has 1 atom stereocenters. The zero-order chi connectivity index (χ0) is 13.0. The number of rotatable bonds is 6. The minimum atomic E-state index is 0.470. The highest BCUT2D eigenvalue weighted by atomic mass is 79.9. The van der Waals surface area contributed by atoms with Crippen LogP contribution in [0.25, 0.3) is 0 Å². The van der Waals surface area contributed by atoms with Gasteiger partial charge in [0.2, 0.25) is 0 Å². The van der Waals surface area contributed by atoms with Gasteiger partial charge < -0.3 is 10.2 Å². The standard InChI is InChI=1S/C12H23BrN4/c1-6-17-11(12(13)10(3)15-17)7-14-9(2)8-16(4)5/h9,14H,6-8H2,1-5H3. The first-order valence-electron chi connectivity index (χ1n) is 6.05. The number of likely N-dealkylation sites (N-methyl/N-ethyl adjacent to an activating group) is 1. The highest BCUT2D eigenvalue weighted by molar-refractivity contribution is 9.10. The van der Waals surface area contributed by atoms with Crippen molar-refractivity contribution >= 4 is 15.9 Å². The molecule has 1 N–H and O–H groups in total. The van der Waals surface area contributed by atoms with Crippen molar-refractivity contribution in [2.45, 2.75) is 39.9 Å². The van der Waals surface area contributed by atoms with E-state index in [4.69, 9.17) is 0 Å². The number of aromatic nitrogens is 2. The molecule has 1 aromatic heterocycles. The van der Waals surface area contributed by atoms with E-state index in [0.717, 1.165) is 29.8 Å². The Balaban J connectivity index is 2.62. The van der Waals surface area contributed by atoms with Crippen molar-refractivity contribution < 1.29 is 0 Å². The Kier molecular flexibility index (Phi) is 5.62. The highest BCUT2D eigenvalue weighted by Crippen LogP contribution is 2.20. The van der Waals surface area contributed by atoms with Gasteiger partial charge in [-0.1, -0.05) is 0 Å². The number of aryl methyl sites for hydroxylation is 2. The van der Waals surface area contributed by atoms with Gasteiger partial charge in [-0.3, -0.25) is 4.68 Å². The molecule has 0 saturated heterocycles. The Bertz CT molecular complexity index is 360. The molecule has 0 radical (unpaired) electrons. The molecule has 0 aliphatic heterocycles. The van der Waals surface area contributed by atoms with Crippen LogP contribution in [0.3, 0.4) is 0 Å². The zero-order valence-electron chi connectivity index (χ0n) is 11.4. The molecule has 5 heteroatoms. The summed E-state index contributed by atoms with van der Waals surface area (Å²) in [6.07, 6.45) is 0. The molecule has 1 aromatic rings. The summed E-state index contributed by atoms with van der Waals surface area (Å²) in [5.74, 6) is 0. The lowest BCUT2D eigenvalue weighted by atomic mass is 10.3. The van der Waals surface area contributed by atoms with Crippen LogP contribution in [-0.4, -0.2) is 41.4 Å². The molecule has 0 bridgehead atoms. The van der Waals surface area contributed by atoms with Gasteiger partial charge in [0.25, 0.3) is 0 Å². The first-order valence-corrected chi connectivity index (χ1v) is 6.84. The predicted molar refractivity (Wildman–Crippen MR) is 75.2 cm³/mol. The Morgan fingerprint density at radius 2 is 2.12 bits per heavy atom. The summed E-state index contributed by atoms with van der Waals surface area (Å²) in [6.45, 7) is 9.15. The van der Waals surface area contributed by atoms with Gasteiger partial charge in [-0.15, -0.1) is 0 Å². The number of nitrogens with one attached hydrogen (secondary N) is 1. The normalized spacial score (nSPS) is 13.4. The largest absolute Gasteiger partial charge is 0.308 e. The van der Waals surface area contributed by atoms with Gasteiger partial charge in [-0.2, -0.15) is 5.10 Å². The highest BCUT2D eigenvalue weighted by Gasteiger charge is 2.12. The van der Waals surface area contributed by atoms with E-state index >= 15 is 0 Å². The van der Waals surface area contributed by atoms with Crippen molar-refractivity contribution in [2.24, 2.45) is 0 Å². The maximum Gasteiger partial charge on any atom is 0.0739 e. The van der Waals surface area contributed by atoms with Gasteiger partial charge in [-0.05, 0) is 50.8 Å². The first-order chi connectivity index (χ1) is 7.95. The summed E-state index contributed by atoms with van der Waals surface area (Å²) in [6, 6.07) is 0.470. The van der Waals surface area contributed by atoms with Gasteiger partial charge >= 0.3 is 0 Å². The number of hydrogen-bond acceptors (Lipinski definition) is 3. The summed E-state index contributed by atoms with van der Waals surface area (Å²) in [5.41, 5.74) is 2.29. The minimum Gasteiger partial charge on any atom is -0.308 e. The predicted octanol–water partition coefficient (Wildman–Crippen LogP) is 2.01. The average molecular weight is 303 g/mol. The van der Waals surface area contributed by atoms with E-state index in [0.29, 0.717) is 6.04 Å². The molecule has 1 heterocycles. The van der Waals surface area contributed by atoms with Crippen LogP contribution >= 0.6 is 15.9 Å². The third-order valence-electron chi connectivity index (χ3n) is 2.71. The summed E-state index contributed by atoms with van der Waals surface area (Å²) in [7, 11) is 4.18. The lowest BCUT2D eigenvalue weighted by molar-refractivity contribution is 0.346. The van der Waals surface area contributed by atoms with Crippen LogP contribution in [0.4, 0.5) is 0 Å². The van der Waals surface area contributed by atoms with Gasteiger partial charge in [0.15, 0.2) is 0 Å². The van der Waals surface area contributed by atoms with E-state index in [1.54, 1.807) is 0 Å². The number of halogens is 1. The topological polar surface area (TPSA) is 33.1 Å². The summed E-state index contributed by atoms with van der Waals surface area (Å²) >= 11 is 3.61. The average Bonchev–Trinajstić information content (AvgIpc) is 2.51. The van der Waals surface area contributed by atoms with Crippen molar-refractivity contribution in [3.8, 4) is 0 Å². The molecule has 0 saturated carbocycles. The van der Waals surface area contributed by atoms with Crippen LogP contribution in [0.15, 0.2) is 4.47 Å². The number of nitrogens with zero attached hydrogens (tertiary/aromatic N) is 3. The van der Waals surface area contributed by atoms with Gasteiger partial charge in [0.1, 0.15) is 0 Å². The van der Waals surface area contributed by atoms with Crippen molar-refractivity contribution in [3.05, 3.63) is 15.9 Å². The van der Waals surface area contributed by atoms with E-state index in [9.17, 15) is 0 Å². The molecule has 0 fully saturated rings. The first kappa shape index (κ1) is 14.7. The summed E-state index contributed by atoms with van der Waals surface area (Å²) < 4.78 is 3.18. The van der Waals surface area contributed by atoms with Crippen LogP contribution in [-0.2, 0) is 13.1 Å². The van der Waals surface area contributed by atoms with Crippen molar-refractivity contribution in [1.29, 1.82) is 0 Å². The molecular formula is C12H23BrN4. The molecule has 1 rings (SSSR count). The minimum absolute atomic E-state index is 0.470. The molecule has 0 aliphatic rings. The second kappa shape index (κ2) is 6.52. The Hall–Kier alpha value is -0.390. The van der Waals surface area contributed by atoms with Crippen LogP contribution in [0.1, 0.15) is 25.2 Å². The second-order valence-corrected chi connectivity index (χ2v) is 5.50. The Labute approximate surface area is 113 Å².